The molecule has 2 unspecified atom stereocenters. The molecule has 5 rings (SSSR count). The van der Waals surface area contributed by atoms with Crippen molar-refractivity contribution in [1.29, 1.82) is 0 Å². The maximum Gasteiger partial charge on any atom is 0.175 e. The van der Waals surface area contributed by atoms with E-state index in [1.54, 1.807) is 12.1 Å². The Morgan fingerprint density at radius 1 is 1.00 bits per heavy atom. The summed E-state index contributed by atoms with van der Waals surface area (Å²) in [5, 5.41) is 3.58. The first kappa shape index (κ1) is 24.9. The van der Waals surface area contributed by atoms with Gasteiger partial charge in [0, 0.05) is 44.5 Å². The zero-order chi connectivity index (χ0) is 24.6. The van der Waals surface area contributed by atoms with Gasteiger partial charge in [0.25, 0.3) is 0 Å². The van der Waals surface area contributed by atoms with Crippen molar-refractivity contribution < 1.29 is 8.42 Å². The van der Waals surface area contributed by atoms with Gasteiger partial charge in [-0.25, -0.2) is 8.42 Å². The summed E-state index contributed by atoms with van der Waals surface area (Å²) in [4.78, 5) is 5.84. The first-order chi connectivity index (χ1) is 16.8. The quantitative estimate of drug-likeness (QED) is 0.635. The zero-order valence-electron chi connectivity index (χ0n) is 21.5. The van der Waals surface area contributed by atoms with Crippen LogP contribution in [-0.4, -0.2) is 63.2 Å². The lowest BCUT2D eigenvalue weighted by molar-refractivity contribution is -0.0905. The Balaban J connectivity index is 1.40. The smallest absolute Gasteiger partial charge is 0.175 e. The highest BCUT2D eigenvalue weighted by molar-refractivity contribution is 7.90. The highest BCUT2D eigenvalue weighted by atomic mass is 32.2. The summed E-state index contributed by atoms with van der Waals surface area (Å²) >= 11 is 0. The average molecular weight is 496 g/mol. The van der Waals surface area contributed by atoms with Gasteiger partial charge < -0.3 is 5.32 Å². The largest absolute Gasteiger partial charge is 0.317 e. The minimum Gasteiger partial charge on any atom is -0.317 e. The number of nitrogens with one attached hydrogen (secondary N) is 1. The van der Waals surface area contributed by atoms with Crippen molar-refractivity contribution in [3.63, 3.8) is 0 Å². The summed E-state index contributed by atoms with van der Waals surface area (Å²) in [6.45, 7) is 11.0. The van der Waals surface area contributed by atoms with Gasteiger partial charge in [-0.1, -0.05) is 50.2 Å². The lowest BCUT2D eigenvalue weighted by Gasteiger charge is -2.60. The molecule has 3 aliphatic rings. The average Bonchev–Trinajstić information content (AvgIpc) is 2.84. The van der Waals surface area contributed by atoms with Crippen LogP contribution in [0.4, 0.5) is 0 Å². The van der Waals surface area contributed by atoms with Gasteiger partial charge in [-0.3, -0.25) is 9.80 Å². The number of rotatable bonds is 6. The third-order valence-electron chi connectivity index (χ3n) is 8.86. The summed E-state index contributed by atoms with van der Waals surface area (Å²) in [5.74, 6) is 0.501. The molecule has 3 fully saturated rings. The van der Waals surface area contributed by atoms with Gasteiger partial charge in [-0.2, -0.15) is 0 Å². The fourth-order valence-electron chi connectivity index (χ4n) is 6.79. The van der Waals surface area contributed by atoms with E-state index < -0.39 is 9.84 Å². The van der Waals surface area contributed by atoms with Gasteiger partial charge in [0.2, 0.25) is 0 Å². The molecule has 2 heterocycles. The van der Waals surface area contributed by atoms with Crippen molar-refractivity contribution in [2.45, 2.75) is 69.0 Å². The third-order valence-corrected chi connectivity index (χ3v) is 9.99. The molecule has 2 aromatic carbocycles. The van der Waals surface area contributed by atoms with Crippen molar-refractivity contribution in [2.75, 3.05) is 39.0 Å². The SMILES string of the molecule is CC(C)c1ccccc1C1CN(Cc2ccc(S(C)(=O)=O)cc2)CCN1C1CCC12CCNCC2. The highest BCUT2D eigenvalue weighted by Crippen LogP contribution is 2.53. The lowest BCUT2D eigenvalue weighted by Crippen LogP contribution is -2.63. The monoisotopic (exact) mass is 495 g/mol. The molecule has 2 aliphatic heterocycles. The minimum atomic E-state index is -3.16. The van der Waals surface area contributed by atoms with E-state index in [4.69, 9.17) is 0 Å². The summed E-state index contributed by atoms with van der Waals surface area (Å²) in [6.07, 6.45) is 6.60. The van der Waals surface area contributed by atoms with Gasteiger partial charge in [0.05, 0.1) is 4.90 Å². The van der Waals surface area contributed by atoms with E-state index in [0.717, 1.165) is 39.3 Å². The lowest BCUT2D eigenvalue weighted by atomic mass is 9.58. The molecule has 35 heavy (non-hydrogen) atoms. The maximum absolute atomic E-state index is 11.9. The Kier molecular flexibility index (Phi) is 7.10. The third kappa shape index (κ3) is 5.08. The Labute approximate surface area is 211 Å². The Hall–Kier alpha value is -1.73. The van der Waals surface area contributed by atoms with Crippen molar-refractivity contribution in [1.82, 2.24) is 15.1 Å². The number of sulfone groups is 1. The van der Waals surface area contributed by atoms with Gasteiger partial charge in [-0.15, -0.1) is 0 Å². The molecule has 1 spiro atoms. The van der Waals surface area contributed by atoms with E-state index in [9.17, 15) is 8.42 Å². The van der Waals surface area contributed by atoms with Crippen LogP contribution in [0, 0.1) is 5.41 Å². The molecular weight excluding hydrogens is 454 g/mol. The molecule has 2 saturated heterocycles. The van der Waals surface area contributed by atoms with Gasteiger partial charge in [0.1, 0.15) is 0 Å². The molecule has 5 nitrogen and oxygen atoms in total. The summed E-state index contributed by atoms with van der Waals surface area (Å²) in [5.41, 5.74) is 4.65. The second-order valence-corrected chi connectivity index (χ2v) is 13.4. The first-order valence-corrected chi connectivity index (χ1v) is 15.2. The van der Waals surface area contributed by atoms with Crippen LogP contribution in [0.1, 0.15) is 68.2 Å². The van der Waals surface area contributed by atoms with Gasteiger partial charge >= 0.3 is 0 Å². The predicted molar refractivity (Wildman–Crippen MR) is 142 cm³/mol. The van der Waals surface area contributed by atoms with Gasteiger partial charge in [0.15, 0.2) is 9.84 Å². The van der Waals surface area contributed by atoms with Crippen LogP contribution in [0.25, 0.3) is 0 Å². The van der Waals surface area contributed by atoms with E-state index in [2.05, 4.69) is 53.2 Å². The molecule has 0 radical (unpaired) electrons. The molecule has 0 bridgehead atoms. The topological polar surface area (TPSA) is 52.7 Å². The van der Waals surface area contributed by atoms with Gasteiger partial charge in [-0.05, 0) is 78.9 Å². The van der Waals surface area contributed by atoms with E-state index in [1.165, 1.54) is 48.6 Å². The molecule has 6 heteroatoms. The maximum atomic E-state index is 11.9. The summed E-state index contributed by atoms with van der Waals surface area (Å²) < 4.78 is 23.7. The Morgan fingerprint density at radius 3 is 2.34 bits per heavy atom. The second kappa shape index (κ2) is 9.97. The van der Waals surface area contributed by atoms with E-state index >= 15 is 0 Å². The zero-order valence-corrected chi connectivity index (χ0v) is 22.4. The van der Waals surface area contributed by atoms with Crippen LogP contribution < -0.4 is 5.32 Å². The fraction of sp³-hybridized carbons (Fsp3) is 0.586. The normalized spacial score (nSPS) is 25.6. The predicted octanol–water partition coefficient (Wildman–Crippen LogP) is 4.60. The summed E-state index contributed by atoms with van der Waals surface area (Å²) in [6, 6.07) is 17.6. The molecule has 0 amide bonds. The van der Waals surface area contributed by atoms with Crippen molar-refractivity contribution in [2.24, 2.45) is 5.41 Å². The van der Waals surface area contributed by atoms with Crippen LogP contribution in [-0.2, 0) is 16.4 Å². The minimum absolute atomic E-state index is 0.395. The van der Waals surface area contributed by atoms with Crippen LogP contribution in [0.2, 0.25) is 0 Å². The number of piperidine rings is 1. The molecule has 190 valence electrons. The molecular formula is C29H41N3O2S. The van der Waals surface area contributed by atoms with E-state index in [-0.39, 0.29) is 0 Å². The van der Waals surface area contributed by atoms with Crippen molar-refractivity contribution in [3.8, 4) is 0 Å². The molecule has 0 aromatic heterocycles. The number of nitrogens with zero attached hydrogens (tertiary/aromatic N) is 2. The van der Waals surface area contributed by atoms with Crippen LogP contribution >= 0.6 is 0 Å². The second-order valence-electron chi connectivity index (χ2n) is 11.4. The van der Waals surface area contributed by atoms with Crippen molar-refractivity contribution in [3.05, 3.63) is 65.2 Å². The highest BCUT2D eigenvalue weighted by Gasteiger charge is 2.51. The number of hydrogen-bond acceptors (Lipinski definition) is 5. The van der Waals surface area contributed by atoms with Crippen LogP contribution in [0.5, 0.6) is 0 Å². The molecule has 1 aliphatic carbocycles. The van der Waals surface area contributed by atoms with Crippen LogP contribution in [0.3, 0.4) is 0 Å². The van der Waals surface area contributed by atoms with E-state index in [0.29, 0.717) is 28.3 Å². The van der Waals surface area contributed by atoms with Crippen molar-refractivity contribution >= 4 is 9.84 Å². The summed E-state index contributed by atoms with van der Waals surface area (Å²) in [7, 11) is -3.16. The number of hydrogen-bond donors (Lipinski definition) is 1. The molecule has 2 atom stereocenters. The first-order valence-electron chi connectivity index (χ1n) is 13.3. The Bertz CT molecular complexity index is 1120. The molecule has 1 N–H and O–H groups in total. The van der Waals surface area contributed by atoms with Crippen LogP contribution in [0.15, 0.2) is 53.4 Å². The Morgan fingerprint density at radius 2 is 1.71 bits per heavy atom. The van der Waals surface area contributed by atoms with E-state index in [1.807, 2.05) is 12.1 Å². The standard InChI is InChI=1S/C29H41N3O2S/c1-22(2)25-6-4-5-7-26(25)27-21-31(20-23-8-10-24(11-9-23)35(3,33)34)18-19-32(27)28-12-13-29(28)14-16-30-17-15-29/h4-11,22,27-28,30H,12-21H2,1-3H3. The fourth-order valence-corrected chi connectivity index (χ4v) is 7.43. The molecule has 2 aromatic rings. The molecule has 1 saturated carbocycles. The number of piperazine rings is 1. The number of benzene rings is 2.